The molecule has 32 heavy (non-hydrogen) atoms. The maximum absolute atomic E-state index is 11.6. The van der Waals surface area contributed by atoms with E-state index >= 15 is 0 Å². The molecule has 3 aromatic rings. The normalized spacial score (nSPS) is 14.5. The quantitative estimate of drug-likeness (QED) is 0.579. The molecule has 0 fully saturated rings. The highest BCUT2D eigenvalue weighted by Crippen LogP contribution is 2.23. The lowest BCUT2D eigenvalue weighted by atomic mass is 10.0. The van der Waals surface area contributed by atoms with Crippen LogP contribution in [0.3, 0.4) is 0 Å². The van der Waals surface area contributed by atoms with E-state index in [-0.39, 0.29) is 5.97 Å². The highest BCUT2D eigenvalue weighted by Gasteiger charge is 2.22. The van der Waals surface area contributed by atoms with Gasteiger partial charge in [0.25, 0.3) is 0 Å². The average molecular weight is 427 g/mol. The van der Waals surface area contributed by atoms with Crippen LogP contribution in [0.5, 0.6) is 0 Å². The number of esters is 1. The lowest BCUT2D eigenvalue weighted by molar-refractivity contribution is 0.0535. The number of nitrogens with zero attached hydrogens (tertiary/aromatic N) is 4. The summed E-state index contributed by atoms with van der Waals surface area (Å²) in [5.41, 5.74) is 6.75. The zero-order chi connectivity index (χ0) is 22.5. The number of benzene rings is 2. The molecule has 162 valence electrons. The molecule has 0 atom stereocenters. The average Bonchev–Trinajstić information content (AvgIpc) is 3.23. The third kappa shape index (κ3) is 4.53. The zero-order valence-electron chi connectivity index (χ0n) is 18.5. The van der Waals surface area contributed by atoms with Crippen LogP contribution in [-0.2, 0) is 30.7 Å². The van der Waals surface area contributed by atoms with Crippen LogP contribution in [0.1, 0.15) is 52.2 Å². The number of nitriles is 1. The van der Waals surface area contributed by atoms with Gasteiger partial charge in [0.15, 0.2) is 5.82 Å². The fourth-order valence-corrected chi connectivity index (χ4v) is 4.03. The molecule has 0 bridgehead atoms. The second kappa shape index (κ2) is 9.71. The fourth-order valence-electron chi connectivity index (χ4n) is 4.03. The van der Waals surface area contributed by atoms with E-state index in [0.717, 1.165) is 49.3 Å². The summed E-state index contributed by atoms with van der Waals surface area (Å²) in [6.45, 7) is 7.14. The van der Waals surface area contributed by atoms with Gasteiger partial charge in [0.05, 0.1) is 22.9 Å². The minimum absolute atomic E-state index is 0.218. The van der Waals surface area contributed by atoms with E-state index in [0.29, 0.717) is 23.6 Å². The molecule has 0 N–H and O–H groups in total. The Hall–Kier alpha value is -3.56. The Labute approximate surface area is 188 Å². The minimum atomic E-state index is -0.218. The topological polar surface area (TPSA) is 79.1 Å². The van der Waals surface area contributed by atoms with Gasteiger partial charge in [-0.15, -0.1) is 0 Å². The predicted octanol–water partition coefficient (Wildman–Crippen LogP) is 4.31. The summed E-state index contributed by atoms with van der Waals surface area (Å²) in [4.78, 5) is 23.3. The first-order chi connectivity index (χ1) is 15.7. The molecule has 2 aliphatic heterocycles. The van der Waals surface area contributed by atoms with Gasteiger partial charge in [-0.1, -0.05) is 26.0 Å². The number of carbonyl (C=O) groups excluding carboxylic acids is 1. The van der Waals surface area contributed by atoms with Crippen LogP contribution in [0.2, 0.25) is 0 Å². The molecule has 2 aliphatic rings. The molecule has 0 saturated heterocycles. The molecule has 0 radical (unpaired) electrons. The minimum Gasteiger partial charge on any atom is -0.457 e. The van der Waals surface area contributed by atoms with Gasteiger partial charge >= 0.3 is 5.97 Å². The Bertz CT molecular complexity index is 1170. The number of fused-ring (bicyclic) bond motifs is 2. The van der Waals surface area contributed by atoms with Gasteiger partial charge in [-0.3, -0.25) is 4.90 Å². The van der Waals surface area contributed by atoms with Crippen molar-refractivity contribution in [2.75, 3.05) is 13.1 Å². The number of ether oxygens (including phenoxy) is 1. The molecule has 6 heteroatoms. The third-order valence-corrected chi connectivity index (χ3v) is 5.75. The van der Waals surface area contributed by atoms with E-state index < -0.39 is 0 Å². The molecule has 0 aliphatic carbocycles. The van der Waals surface area contributed by atoms with Gasteiger partial charge in [0.2, 0.25) is 0 Å². The fraction of sp³-hybridized carbons (Fsp3) is 0.308. The lowest BCUT2D eigenvalue weighted by Gasteiger charge is -2.28. The van der Waals surface area contributed by atoms with Crippen molar-refractivity contribution in [1.82, 2.24) is 14.9 Å². The number of rotatable bonds is 4. The Morgan fingerprint density at radius 2 is 1.94 bits per heavy atom. The van der Waals surface area contributed by atoms with E-state index in [9.17, 15) is 4.79 Å². The smallest absolute Gasteiger partial charge is 0.338 e. The Morgan fingerprint density at radius 3 is 2.72 bits per heavy atom. The standard InChI is InChI=1S/C24H20N4O2.C2H6/c25-12-17-1-4-18(5-2-17)23-26-13-20-14-28(10-8-22(20)27-23)9-7-16-3-6-21-19(11-16)15-30-24(21)29;1-2/h1-6,11,13H,7-10,14-15H2;1-2H3. The van der Waals surface area contributed by atoms with Gasteiger partial charge in [0.1, 0.15) is 6.61 Å². The van der Waals surface area contributed by atoms with Crippen molar-refractivity contribution in [3.8, 4) is 17.5 Å². The second-order valence-corrected chi connectivity index (χ2v) is 7.70. The summed E-state index contributed by atoms with van der Waals surface area (Å²) < 4.78 is 5.09. The number of hydrogen-bond donors (Lipinski definition) is 0. The Morgan fingerprint density at radius 1 is 1.12 bits per heavy atom. The van der Waals surface area contributed by atoms with E-state index in [2.05, 4.69) is 22.0 Å². The van der Waals surface area contributed by atoms with E-state index in [4.69, 9.17) is 15.0 Å². The first kappa shape index (κ1) is 21.7. The van der Waals surface area contributed by atoms with Crippen molar-refractivity contribution in [3.63, 3.8) is 0 Å². The van der Waals surface area contributed by atoms with Crippen molar-refractivity contribution in [1.29, 1.82) is 5.26 Å². The molecule has 0 spiro atoms. The third-order valence-electron chi connectivity index (χ3n) is 5.75. The molecule has 5 rings (SSSR count). The molecule has 1 aromatic heterocycles. The molecular formula is C26H26N4O2. The van der Waals surface area contributed by atoms with E-state index in [1.54, 1.807) is 12.1 Å². The van der Waals surface area contributed by atoms with Crippen molar-refractivity contribution in [2.45, 2.75) is 39.8 Å². The van der Waals surface area contributed by atoms with Crippen molar-refractivity contribution in [2.24, 2.45) is 0 Å². The van der Waals surface area contributed by atoms with Crippen LogP contribution in [0, 0.1) is 11.3 Å². The maximum Gasteiger partial charge on any atom is 0.338 e. The molecule has 6 nitrogen and oxygen atoms in total. The number of hydrogen-bond acceptors (Lipinski definition) is 6. The summed E-state index contributed by atoms with van der Waals surface area (Å²) in [6, 6.07) is 15.5. The summed E-state index contributed by atoms with van der Waals surface area (Å²) in [6.07, 6.45) is 3.76. The summed E-state index contributed by atoms with van der Waals surface area (Å²) in [7, 11) is 0. The van der Waals surface area contributed by atoms with E-state index in [1.165, 1.54) is 11.1 Å². The molecule has 0 saturated carbocycles. The van der Waals surface area contributed by atoms with Gasteiger partial charge < -0.3 is 4.74 Å². The number of aromatic nitrogens is 2. The summed E-state index contributed by atoms with van der Waals surface area (Å²) in [5.74, 6) is 0.492. The highest BCUT2D eigenvalue weighted by atomic mass is 16.5. The van der Waals surface area contributed by atoms with Gasteiger partial charge in [-0.2, -0.15) is 5.26 Å². The zero-order valence-corrected chi connectivity index (χ0v) is 18.5. The first-order valence-corrected chi connectivity index (χ1v) is 11.1. The van der Waals surface area contributed by atoms with Crippen molar-refractivity contribution < 1.29 is 9.53 Å². The van der Waals surface area contributed by atoms with Crippen LogP contribution in [0.4, 0.5) is 0 Å². The largest absolute Gasteiger partial charge is 0.457 e. The lowest BCUT2D eigenvalue weighted by Crippen LogP contribution is -2.33. The molecule has 0 amide bonds. The van der Waals surface area contributed by atoms with Crippen LogP contribution >= 0.6 is 0 Å². The van der Waals surface area contributed by atoms with Crippen molar-refractivity contribution >= 4 is 5.97 Å². The monoisotopic (exact) mass is 426 g/mol. The molecular weight excluding hydrogens is 400 g/mol. The SMILES string of the molecule is CC.N#Cc1ccc(-c2ncc3c(n2)CCN(CCc2ccc4c(c2)COC4=O)C3)cc1. The van der Waals surface area contributed by atoms with Gasteiger partial charge in [-0.05, 0) is 42.3 Å². The Balaban J connectivity index is 0.00000119. The first-order valence-electron chi connectivity index (χ1n) is 11.1. The molecule has 2 aromatic carbocycles. The number of carbonyl (C=O) groups is 1. The highest BCUT2D eigenvalue weighted by molar-refractivity contribution is 5.93. The van der Waals surface area contributed by atoms with Gasteiger partial charge in [-0.25, -0.2) is 14.8 Å². The predicted molar refractivity (Wildman–Crippen MR) is 122 cm³/mol. The van der Waals surface area contributed by atoms with Crippen LogP contribution in [-0.4, -0.2) is 33.9 Å². The van der Waals surface area contributed by atoms with E-state index in [1.807, 2.05) is 44.3 Å². The van der Waals surface area contributed by atoms with Crippen LogP contribution in [0.25, 0.3) is 11.4 Å². The van der Waals surface area contributed by atoms with Crippen molar-refractivity contribution in [3.05, 3.63) is 82.2 Å². The summed E-state index contributed by atoms with van der Waals surface area (Å²) in [5, 5.41) is 8.95. The van der Waals surface area contributed by atoms with Crippen LogP contribution < -0.4 is 0 Å². The molecule has 0 unspecified atom stereocenters. The maximum atomic E-state index is 11.6. The number of cyclic esters (lactones) is 1. The molecule has 3 heterocycles. The summed E-state index contributed by atoms with van der Waals surface area (Å²) >= 11 is 0. The second-order valence-electron chi connectivity index (χ2n) is 7.70. The van der Waals surface area contributed by atoms with Crippen LogP contribution in [0.15, 0.2) is 48.7 Å². The van der Waals surface area contributed by atoms with Gasteiger partial charge in [0, 0.05) is 48.9 Å². The Kier molecular flexibility index (Phi) is 6.58.